The molecule has 0 aliphatic heterocycles. The minimum atomic E-state index is -0.0908. The molecule has 7 aromatic rings. The van der Waals surface area contributed by atoms with Crippen molar-refractivity contribution < 1.29 is 0 Å². The van der Waals surface area contributed by atoms with Gasteiger partial charge in [0.2, 0.25) is 0 Å². The Morgan fingerprint density at radius 1 is 0.453 bits per heavy atom. The molecule has 53 heavy (non-hydrogen) atoms. The summed E-state index contributed by atoms with van der Waals surface area (Å²) in [7, 11) is 0. The Balaban J connectivity index is 1.14. The third-order valence-corrected chi connectivity index (χ3v) is 12.8. The quantitative estimate of drug-likeness (QED) is 0.162. The number of benzene rings is 7. The Bertz CT molecular complexity index is 2450. The monoisotopic (exact) mass is 683 g/mol. The van der Waals surface area contributed by atoms with Crippen molar-refractivity contribution in [2.75, 3.05) is 4.90 Å². The van der Waals surface area contributed by atoms with Crippen LogP contribution in [0.1, 0.15) is 62.1 Å². The van der Waals surface area contributed by atoms with Gasteiger partial charge in [-0.2, -0.15) is 0 Å². The van der Waals surface area contributed by atoms with Gasteiger partial charge in [-0.05, 0) is 123 Å². The highest BCUT2D eigenvalue weighted by Crippen LogP contribution is 2.54. The van der Waals surface area contributed by atoms with E-state index >= 15 is 0 Å². The van der Waals surface area contributed by atoms with E-state index in [0.717, 1.165) is 11.8 Å². The first-order chi connectivity index (χ1) is 26.0. The normalized spacial score (nSPS) is 19.2. The van der Waals surface area contributed by atoms with Crippen LogP contribution in [0.2, 0.25) is 0 Å². The second kappa shape index (κ2) is 12.8. The zero-order valence-corrected chi connectivity index (χ0v) is 30.7. The fourth-order valence-corrected chi connectivity index (χ4v) is 10.2. The maximum absolute atomic E-state index is 2.51. The first-order valence-electron chi connectivity index (χ1n) is 19.5. The molecule has 1 nitrogen and oxygen atoms in total. The van der Waals surface area contributed by atoms with Crippen molar-refractivity contribution in [3.8, 4) is 44.5 Å². The van der Waals surface area contributed by atoms with Crippen molar-refractivity contribution in [1.29, 1.82) is 0 Å². The van der Waals surface area contributed by atoms with Crippen LogP contribution in [-0.2, 0) is 5.41 Å². The highest BCUT2D eigenvalue weighted by Gasteiger charge is 2.40. The molecule has 0 saturated heterocycles. The van der Waals surface area contributed by atoms with E-state index in [2.05, 4.69) is 189 Å². The number of hydrogen-bond acceptors (Lipinski definition) is 1. The average molecular weight is 684 g/mol. The molecule has 1 heteroatoms. The Kier molecular flexibility index (Phi) is 7.72. The molecule has 2 saturated carbocycles. The molecule has 0 heterocycles. The minimum absolute atomic E-state index is 0.0908. The van der Waals surface area contributed by atoms with Gasteiger partial charge in [-0.1, -0.05) is 160 Å². The lowest BCUT2D eigenvalue weighted by Crippen LogP contribution is -2.17. The fourth-order valence-electron chi connectivity index (χ4n) is 10.2. The summed E-state index contributed by atoms with van der Waals surface area (Å²) < 4.78 is 0. The van der Waals surface area contributed by atoms with Gasteiger partial charge in [0.05, 0.1) is 5.69 Å². The van der Waals surface area contributed by atoms with Gasteiger partial charge in [-0.25, -0.2) is 0 Å². The fraction of sp³-hybridized carbons (Fsp3) is 0.192. The SMILES string of the molecule is CC1(C)c2ccccc2-c2ccc(N(c3ccc(C4CC5CCC4C5)cc3)c3ccccc3-c3ccccc3-c3ccccc3-c3ccccc3)cc21. The van der Waals surface area contributed by atoms with Gasteiger partial charge < -0.3 is 4.90 Å². The number of hydrogen-bond donors (Lipinski definition) is 0. The van der Waals surface area contributed by atoms with E-state index in [1.54, 1.807) is 0 Å². The van der Waals surface area contributed by atoms with Gasteiger partial charge in [-0.15, -0.1) is 0 Å². The lowest BCUT2D eigenvalue weighted by molar-refractivity contribution is 0.420. The second-order valence-corrected chi connectivity index (χ2v) is 16.1. The van der Waals surface area contributed by atoms with Crippen LogP contribution < -0.4 is 4.90 Å². The van der Waals surface area contributed by atoms with E-state index in [0.29, 0.717) is 5.92 Å². The molecule has 258 valence electrons. The summed E-state index contributed by atoms with van der Waals surface area (Å²) in [5, 5.41) is 0. The van der Waals surface area contributed by atoms with Gasteiger partial charge >= 0.3 is 0 Å². The molecule has 0 amide bonds. The first kappa shape index (κ1) is 32.0. The molecular weight excluding hydrogens is 639 g/mol. The van der Waals surface area contributed by atoms with Crippen molar-refractivity contribution in [2.45, 2.75) is 50.9 Å². The molecule has 7 aromatic carbocycles. The van der Waals surface area contributed by atoms with E-state index in [4.69, 9.17) is 0 Å². The van der Waals surface area contributed by atoms with Crippen LogP contribution in [0.3, 0.4) is 0 Å². The smallest absolute Gasteiger partial charge is 0.0540 e. The van der Waals surface area contributed by atoms with Crippen LogP contribution in [0.25, 0.3) is 44.5 Å². The lowest BCUT2D eigenvalue weighted by atomic mass is 9.82. The van der Waals surface area contributed by atoms with Gasteiger partial charge in [0.25, 0.3) is 0 Å². The first-order valence-corrected chi connectivity index (χ1v) is 19.5. The topological polar surface area (TPSA) is 3.24 Å². The molecule has 3 aliphatic carbocycles. The molecule has 0 N–H and O–H groups in total. The van der Waals surface area contributed by atoms with Crippen LogP contribution in [0, 0.1) is 11.8 Å². The van der Waals surface area contributed by atoms with Crippen LogP contribution in [0.5, 0.6) is 0 Å². The molecule has 2 bridgehead atoms. The van der Waals surface area contributed by atoms with Crippen molar-refractivity contribution >= 4 is 17.1 Å². The lowest BCUT2D eigenvalue weighted by Gasteiger charge is -2.31. The number of rotatable bonds is 7. The molecule has 10 rings (SSSR count). The predicted octanol–water partition coefficient (Wildman–Crippen LogP) is 14.4. The van der Waals surface area contributed by atoms with E-state index in [1.807, 2.05) is 0 Å². The molecular formula is C52H45N. The Hall–Kier alpha value is -5.66. The summed E-state index contributed by atoms with van der Waals surface area (Å²) in [5.41, 5.74) is 17.9. The van der Waals surface area contributed by atoms with Crippen molar-refractivity contribution in [3.05, 3.63) is 187 Å². The second-order valence-electron chi connectivity index (χ2n) is 16.1. The predicted molar refractivity (Wildman–Crippen MR) is 223 cm³/mol. The summed E-state index contributed by atoms with van der Waals surface area (Å²) in [6.07, 6.45) is 5.61. The summed E-state index contributed by atoms with van der Waals surface area (Å²) in [4.78, 5) is 2.51. The van der Waals surface area contributed by atoms with E-state index in [9.17, 15) is 0 Å². The number of para-hydroxylation sites is 1. The van der Waals surface area contributed by atoms with Gasteiger partial charge in [-0.3, -0.25) is 0 Å². The zero-order valence-electron chi connectivity index (χ0n) is 30.7. The number of anilines is 3. The Morgan fingerprint density at radius 2 is 1.02 bits per heavy atom. The number of fused-ring (bicyclic) bond motifs is 5. The zero-order chi connectivity index (χ0) is 35.5. The third-order valence-electron chi connectivity index (χ3n) is 12.8. The highest BCUT2D eigenvalue weighted by atomic mass is 15.1. The van der Waals surface area contributed by atoms with Gasteiger partial charge in [0.15, 0.2) is 0 Å². The van der Waals surface area contributed by atoms with Crippen LogP contribution in [-0.4, -0.2) is 0 Å². The van der Waals surface area contributed by atoms with Crippen molar-refractivity contribution in [3.63, 3.8) is 0 Å². The van der Waals surface area contributed by atoms with Crippen molar-refractivity contribution in [2.24, 2.45) is 11.8 Å². The van der Waals surface area contributed by atoms with E-state index in [-0.39, 0.29) is 5.41 Å². The molecule has 3 aliphatic rings. The largest absolute Gasteiger partial charge is 0.310 e. The van der Waals surface area contributed by atoms with Gasteiger partial charge in [0, 0.05) is 22.4 Å². The summed E-state index contributed by atoms with van der Waals surface area (Å²) in [6, 6.07) is 63.4. The maximum atomic E-state index is 2.51. The van der Waals surface area contributed by atoms with Crippen molar-refractivity contribution in [1.82, 2.24) is 0 Å². The summed E-state index contributed by atoms with van der Waals surface area (Å²) >= 11 is 0. The summed E-state index contributed by atoms with van der Waals surface area (Å²) in [5.74, 6) is 2.50. The highest BCUT2D eigenvalue weighted by molar-refractivity contribution is 5.97. The Labute approximate surface area is 314 Å². The average Bonchev–Trinajstić information content (AvgIpc) is 3.92. The van der Waals surface area contributed by atoms with Crippen LogP contribution in [0.15, 0.2) is 170 Å². The van der Waals surface area contributed by atoms with Crippen LogP contribution in [0.4, 0.5) is 17.1 Å². The molecule has 2 fully saturated rings. The number of nitrogens with zero attached hydrogens (tertiary/aromatic N) is 1. The molecule has 3 unspecified atom stereocenters. The Morgan fingerprint density at radius 3 is 1.72 bits per heavy atom. The van der Waals surface area contributed by atoms with Gasteiger partial charge in [0.1, 0.15) is 0 Å². The molecule has 0 aromatic heterocycles. The third kappa shape index (κ3) is 5.36. The van der Waals surface area contributed by atoms with E-state index < -0.39 is 0 Å². The van der Waals surface area contributed by atoms with Crippen LogP contribution >= 0.6 is 0 Å². The minimum Gasteiger partial charge on any atom is -0.310 e. The van der Waals surface area contributed by atoms with E-state index in [1.165, 1.54) is 104 Å². The molecule has 0 radical (unpaired) electrons. The molecule has 3 atom stereocenters. The standard InChI is InChI=1S/C52H45N/c1-52(2)49-22-12-10-20-45(49)46-31-30-40(34-50(46)52)53(39-28-26-37(27-29-39)48-33-35-24-25-38(48)32-35)51-23-13-11-21-47(51)44-19-9-8-18-43(44)42-17-7-6-16-41(42)36-14-4-3-5-15-36/h3-23,26-31,34-35,38,48H,24-25,32-33H2,1-2H3. The maximum Gasteiger partial charge on any atom is 0.0540 e. The summed E-state index contributed by atoms with van der Waals surface area (Å²) in [6.45, 7) is 4.76. The molecule has 0 spiro atoms.